The molecule has 2 amide bonds. The number of hydrogen-bond acceptors (Lipinski definition) is 3. The van der Waals surface area contributed by atoms with E-state index in [9.17, 15) is 9.90 Å². The molecule has 2 aliphatic rings. The molecule has 5 nitrogen and oxygen atoms in total. The van der Waals surface area contributed by atoms with Crippen LogP contribution in [-0.4, -0.2) is 48.8 Å². The maximum Gasteiger partial charge on any atom is 0.321 e. The maximum atomic E-state index is 12.2. The van der Waals surface area contributed by atoms with E-state index in [-0.39, 0.29) is 12.1 Å². The Hall–Kier alpha value is -1.75. The van der Waals surface area contributed by atoms with E-state index in [0.29, 0.717) is 6.54 Å². The molecule has 3 rings (SSSR count). The van der Waals surface area contributed by atoms with Gasteiger partial charge in [-0.25, -0.2) is 4.79 Å². The number of amides is 2. The number of anilines is 2. The van der Waals surface area contributed by atoms with Crippen LogP contribution < -0.4 is 10.2 Å². The quantitative estimate of drug-likeness (QED) is 0.832. The number of urea groups is 1. The third-order valence-electron chi connectivity index (χ3n) is 4.37. The molecular weight excluding hydrogens is 266 g/mol. The first-order chi connectivity index (χ1) is 10.1. The van der Waals surface area contributed by atoms with Gasteiger partial charge >= 0.3 is 6.03 Å². The third-order valence-corrected chi connectivity index (χ3v) is 4.37. The Balaban J connectivity index is 1.69. The largest absolute Gasteiger partial charge is 0.391 e. The number of rotatable bonds is 1. The van der Waals surface area contributed by atoms with Gasteiger partial charge < -0.3 is 20.2 Å². The molecule has 0 aliphatic carbocycles. The number of β-amino-alcohol motifs (C(OH)–C–C–N with tert-alkyl or cyclic N) is 1. The fourth-order valence-corrected chi connectivity index (χ4v) is 3.20. The number of fused-ring (bicyclic) bond motifs is 1. The lowest BCUT2D eigenvalue weighted by Crippen LogP contribution is -2.44. The van der Waals surface area contributed by atoms with Crippen LogP contribution in [0.3, 0.4) is 0 Å². The summed E-state index contributed by atoms with van der Waals surface area (Å²) < 4.78 is 0. The highest BCUT2D eigenvalue weighted by Gasteiger charge is 2.22. The van der Waals surface area contributed by atoms with E-state index < -0.39 is 0 Å². The topological polar surface area (TPSA) is 55.8 Å². The van der Waals surface area contributed by atoms with Crippen molar-refractivity contribution in [3.8, 4) is 0 Å². The van der Waals surface area contributed by atoms with Crippen LogP contribution in [-0.2, 0) is 6.42 Å². The minimum atomic E-state index is -0.387. The minimum absolute atomic E-state index is 0.113. The van der Waals surface area contributed by atoms with Gasteiger partial charge in [-0.05, 0) is 49.4 Å². The number of carbonyl (C=O) groups is 1. The lowest BCUT2D eigenvalue weighted by Gasteiger charge is -2.31. The van der Waals surface area contributed by atoms with Crippen molar-refractivity contribution >= 4 is 17.4 Å². The molecule has 2 heterocycles. The molecular formula is C16H23N3O2. The van der Waals surface area contributed by atoms with Gasteiger partial charge in [0.2, 0.25) is 0 Å². The first-order valence-corrected chi connectivity index (χ1v) is 7.71. The van der Waals surface area contributed by atoms with Gasteiger partial charge in [0.15, 0.2) is 0 Å². The van der Waals surface area contributed by atoms with Gasteiger partial charge in [0.05, 0.1) is 6.10 Å². The first kappa shape index (κ1) is 14.2. The summed E-state index contributed by atoms with van der Waals surface area (Å²) in [5.74, 6) is 0. The first-order valence-electron chi connectivity index (χ1n) is 7.71. The summed E-state index contributed by atoms with van der Waals surface area (Å²) in [5, 5.41) is 12.6. The summed E-state index contributed by atoms with van der Waals surface area (Å²) in [6.07, 6.45) is 3.48. The molecule has 5 heteroatoms. The Morgan fingerprint density at radius 3 is 3.00 bits per heavy atom. The second-order valence-corrected chi connectivity index (χ2v) is 6.04. The second-order valence-electron chi connectivity index (χ2n) is 6.04. The predicted octanol–water partition coefficient (Wildman–Crippen LogP) is 2.06. The zero-order chi connectivity index (χ0) is 14.8. The normalized spacial score (nSPS) is 21.9. The van der Waals surface area contributed by atoms with Crippen molar-refractivity contribution in [2.75, 3.05) is 36.9 Å². The molecule has 2 aliphatic heterocycles. The Bertz CT molecular complexity index is 532. The van der Waals surface area contributed by atoms with Crippen LogP contribution in [0.5, 0.6) is 0 Å². The number of piperidine rings is 1. The van der Waals surface area contributed by atoms with Crippen LogP contribution in [0, 0.1) is 0 Å². The van der Waals surface area contributed by atoms with Gasteiger partial charge in [0.25, 0.3) is 0 Å². The molecule has 0 bridgehead atoms. The number of likely N-dealkylation sites (tertiary alicyclic amines) is 1. The van der Waals surface area contributed by atoms with E-state index in [1.165, 1.54) is 11.3 Å². The van der Waals surface area contributed by atoms with Crippen LogP contribution in [0.25, 0.3) is 0 Å². The van der Waals surface area contributed by atoms with Crippen LogP contribution in [0.1, 0.15) is 24.8 Å². The maximum absolute atomic E-state index is 12.2. The van der Waals surface area contributed by atoms with Crippen LogP contribution >= 0.6 is 0 Å². The summed E-state index contributed by atoms with van der Waals surface area (Å²) in [5.41, 5.74) is 3.39. The number of aliphatic hydroxyl groups excluding tert-OH is 1. The summed E-state index contributed by atoms with van der Waals surface area (Å²) in [7, 11) is 2.10. The predicted molar refractivity (Wildman–Crippen MR) is 83.9 cm³/mol. The summed E-state index contributed by atoms with van der Waals surface area (Å²) in [6, 6.07) is 6.00. The molecule has 1 aromatic carbocycles. The highest BCUT2D eigenvalue weighted by molar-refractivity contribution is 5.90. The highest BCUT2D eigenvalue weighted by atomic mass is 16.3. The summed E-state index contributed by atoms with van der Waals surface area (Å²) >= 11 is 0. The number of nitrogens with one attached hydrogen (secondary N) is 1. The van der Waals surface area contributed by atoms with E-state index in [1.54, 1.807) is 4.90 Å². The molecule has 1 unspecified atom stereocenters. The average molecular weight is 289 g/mol. The van der Waals surface area contributed by atoms with Gasteiger partial charge in [0, 0.05) is 38.1 Å². The van der Waals surface area contributed by atoms with Gasteiger partial charge in [-0.2, -0.15) is 0 Å². The van der Waals surface area contributed by atoms with Gasteiger partial charge in [0.1, 0.15) is 0 Å². The molecule has 0 spiro atoms. The zero-order valence-electron chi connectivity index (χ0n) is 12.5. The smallest absolute Gasteiger partial charge is 0.321 e. The molecule has 1 atom stereocenters. The molecule has 21 heavy (non-hydrogen) atoms. The van der Waals surface area contributed by atoms with Crippen molar-refractivity contribution < 1.29 is 9.90 Å². The Labute approximate surface area is 125 Å². The lowest BCUT2D eigenvalue weighted by atomic mass is 10.0. The van der Waals surface area contributed by atoms with Gasteiger partial charge in [-0.1, -0.05) is 0 Å². The third kappa shape index (κ3) is 3.13. The molecule has 1 aromatic rings. The average Bonchev–Trinajstić information content (AvgIpc) is 2.47. The number of nitrogens with zero attached hydrogens (tertiary/aromatic N) is 2. The van der Waals surface area contributed by atoms with Crippen molar-refractivity contribution in [1.82, 2.24) is 4.90 Å². The Morgan fingerprint density at radius 1 is 1.33 bits per heavy atom. The van der Waals surface area contributed by atoms with E-state index in [0.717, 1.165) is 44.5 Å². The highest BCUT2D eigenvalue weighted by Crippen LogP contribution is 2.28. The zero-order valence-corrected chi connectivity index (χ0v) is 12.5. The van der Waals surface area contributed by atoms with Gasteiger partial charge in [-0.3, -0.25) is 0 Å². The molecule has 2 N–H and O–H groups in total. The van der Waals surface area contributed by atoms with Crippen LogP contribution in [0.4, 0.5) is 16.2 Å². The number of hydrogen-bond donors (Lipinski definition) is 2. The SMILES string of the molecule is CN1CCCc2cc(NC(=O)N3CCCC(O)C3)ccc21. The van der Waals surface area contributed by atoms with Crippen molar-refractivity contribution in [2.24, 2.45) is 0 Å². The number of aliphatic hydroxyl groups is 1. The molecule has 1 saturated heterocycles. The standard InChI is InChI=1S/C16H23N3O2/c1-18-8-2-4-12-10-13(6-7-15(12)18)17-16(21)19-9-3-5-14(20)11-19/h6-7,10,14,20H,2-5,8-9,11H2,1H3,(H,17,21). The van der Waals surface area contributed by atoms with Crippen LogP contribution in [0.15, 0.2) is 18.2 Å². The summed E-state index contributed by atoms with van der Waals surface area (Å²) in [6.45, 7) is 2.24. The van der Waals surface area contributed by atoms with Crippen molar-refractivity contribution in [1.29, 1.82) is 0 Å². The van der Waals surface area contributed by atoms with Crippen molar-refractivity contribution in [3.05, 3.63) is 23.8 Å². The Kier molecular flexibility index (Phi) is 4.01. The molecule has 0 saturated carbocycles. The summed E-state index contributed by atoms with van der Waals surface area (Å²) in [4.78, 5) is 16.2. The number of benzene rings is 1. The van der Waals surface area contributed by atoms with E-state index in [2.05, 4.69) is 29.4 Å². The fourth-order valence-electron chi connectivity index (χ4n) is 3.20. The molecule has 114 valence electrons. The second kappa shape index (κ2) is 5.93. The molecule has 0 aromatic heterocycles. The monoisotopic (exact) mass is 289 g/mol. The number of carbonyl (C=O) groups excluding carboxylic acids is 1. The van der Waals surface area contributed by atoms with E-state index in [1.807, 2.05) is 6.07 Å². The van der Waals surface area contributed by atoms with Gasteiger partial charge in [-0.15, -0.1) is 0 Å². The van der Waals surface area contributed by atoms with E-state index >= 15 is 0 Å². The lowest BCUT2D eigenvalue weighted by molar-refractivity contribution is 0.0883. The minimum Gasteiger partial charge on any atom is -0.391 e. The van der Waals surface area contributed by atoms with Crippen molar-refractivity contribution in [2.45, 2.75) is 31.8 Å². The van der Waals surface area contributed by atoms with E-state index in [4.69, 9.17) is 0 Å². The van der Waals surface area contributed by atoms with Crippen LogP contribution in [0.2, 0.25) is 0 Å². The molecule has 0 radical (unpaired) electrons. The van der Waals surface area contributed by atoms with Crippen molar-refractivity contribution in [3.63, 3.8) is 0 Å². The molecule has 1 fully saturated rings. The Morgan fingerprint density at radius 2 is 2.19 bits per heavy atom. The fraction of sp³-hybridized carbons (Fsp3) is 0.562. The number of aryl methyl sites for hydroxylation is 1.